The molecule has 0 saturated carbocycles. The van der Waals surface area contributed by atoms with E-state index >= 15 is 0 Å². The Morgan fingerprint density at radius 1 is 1.21 bits per heavy atom. The summed E-state index contributed by atoms with van der Waals surface area (Å²) in [7, 11) is -2.50. The van der Waals surface area contributed by atoms with Crippen molar-refractivity contribution in [2.24, 2.45) is 0 Å². The number of benzene rings is 2. The van der Waals surface area contributed by atoms with Crippen molar-refractivity contribution in [1.29, 1.82) is 0 Å². The van der Waals surface area contributed by atoms with E-state index in [0.29, 0.717) is 17.2 Å². The number of ether oxygens (including phenoxy) is 3. The Kier molecular flexibility index (Phi) is 5.97. The van der Waals surface area contributed by atoms with Crippen molar-refractivity contribution in [3.05, 3.63) is 47.0 Å². The van der Waals surface area contributed by atoms with Crippen LogP contribution in [0.15, 0.2) is 41.3 Å². The maximum absolute atomic E-state index is 12.5. The summed E-state index contributed by atoms with van der Waals surface area (Å²) in [6.45, 7) is 1.84. The van der Waals surface area contributed by atoms with Crippen LogP contribution in [0.4, 0.5) is 0 Å². The summed E-state index contributed by atoms with van der Waals surface area (Å²) in [6, 6.07) is 8.38. The van der Waals surface area contributed by atoms with Gasteiger partial charge < -0.3 is 19.5 Å². The van der Waals surface area contributed by atoms with E-state index < -0.39 is 22.0 Å². The molecule has 0 fully saturated rings. The molecule has 2 aromatic rings. The highest BCUT2D eigenvalue weighted by molar-refractivity contribution is 7.89. The molecule has 0 bridgehead atoms. The number of carbonyl (C=O) groups excluding carboxylic acids is 1. The highest BCUT2D eigenvalue weighted by atomic mass is 35.5. The molecule has 0 saturated heterocycles. The zero-order valence-electron chi connectivity index (χ0n) is 15.2. The Balaban J connectivity index is 1.60. The van der Waals surface area contributed by atoms with Crippen LogP contribution in [-0.4, -0.2) is 34.3 Å². The van der Waals surface area contributed by atoms with Gasteiger partial charge in [-0.15, -0.1) is 0 Å². The Labute approximate surface area is 167 Å². The lowest BCUT2D eigenvalue weighted by atomic mass is 10.2. The quantitative estimate of drug-likeness (QED) is 0.702. The summed E-state index contributed by atoms with van der Waals surface area (Å²) < 4.78 is 42.8. The molecule has 1 aliphatic rings. The van der Waals surface area contributed by atoms with Crippen molar-refractivity contribution in [1.82, 2.24) is 10.0 Å². The van der Waals surface area contributed by atoms with Crippen LogP contribution in [0.1, 0.15) is 12.5 Å². The maximum atomic E-state index is 12.5. The first kappa shape index (κ1) is 20.2. The Bertz CT molecular complexity index is 996. The van der Waals surface area contributed by atoms with Gasteiger partial charge in [0.15, 0.2) is 11.5 Å². The van der Waals surface area contributed by atoms with Gasteiger partial charge >= 0.3 is 0 Å². The van der Waals surface area contributed by atoms with Gasteiger partial charge in [0.05, 0.1) is 23.1 Å². The molecule has 0 aromatic heterocycles. The maximum Gasteiger partial charge on any atom is 0.241 e. The van der Waals surface area contributed by atoms with Crippen LogP contribution < -0.4 is 24.2 Å². The predicted molar refractivity (Wildman–Crippen MR) is 102 cm³/mol. The normalized spacial score (nSPS) is 13.8. The number of halogens is 1. The molecule has 2 aromatic carbocycles. The van der Waals surface area contributed by atoms with Crippen molar-refractivity contribution in [2.75, 3.05) is 13.9 Å². The number of hydrogen-bond donors (Lipinski definition) is 2. The number of sulfonamides is 1. The molecule has 8 nitrogen and oxygen atoms in total. The summed E-state index contributed by atoms with van der Waals surface area (Å²) in [4.78, 5) is 12.2. The number of fused-ring (bicyclic) bond motifs is 1. The molecule has 0 aliphatic carbocycles. The van der Waals surface area contributed by atoms with Gasteiger partial charge in [0.25, 0.3) is 0 Å². The predicted octanol–water partition coefficient (Wildman–Crippen LogP) is 2.06. The number of rotatable bonds is 7. The van der Waals surface area contributed by atoms with Crippen LogP contribution in [0.25, 0.3) is 0 Å². The van der Waals surface area contributed by atoms with E-state index in [0.717, 1.165) is 5.56 Å². The van der Waals surface area contributed by atoms with E-state index in [-0.39, 0.29) is 23.3 Å². The minimum Gasteiger partial charge on any atom is -0.495 e. The summed E-state index contributed by atoms with van der Waals surface area (Å²) in [5.41, 5.74) is 0.801. The smallest absolute Gasteiger partial charge is 0.241 e. The summed E-state index contributed by atoms with van der Waals surface area (Å²) in [5, 5.41) is 2.84. The van der Waals surface area contributed by atoms with E-state index in [9.17, 15) is 13.2 Å². The Morgan fingerprint density at radius 3 is 2.68 bits per heavy atom. The molecule has 0 spiro atoms. The molecule has 10 heteroatoms. The molecular weight excluding hydrogens is 408 g/mol. The monoisotopic (exact) mass is 426 g/mol. The van der Waals surface area contributed by atoms with E-state index in [1.165, 1.54) is 32.2 Å². The van der Waals surface area contributed by atoms with E-state index in [1.54, 1.807) is 18.2 Å². The van der Waals surface area contributed by atoms with E-state index in [2.05, 4.69) is 10.0 Å². The van der Waals surface area contributed by atoms with Crippen molar-refractivity contribution < 1.29 is 27.4 Å². The third-order valence-corrected chi connectivity index (χ3v) is 5.90. The SMILES string of the molecule is COc1ccc(S(=O)(=O)N[C@@H](C)C(=O)NCc2ccc3c(c2)OCO3)cc1Cl. The van der Waals surface area contributed by atoms with E-state index in [4.69, 9.17) is 25.8 Å². The average Bonchev–Trinajstić information content (AvgIpc) is 3.13. The fraction of sp³-hybridized carbons (Fsp3) is 0.278. The fourth-order valence-electron chi connectivity index (χ4n) is 2.56. The Morgan fingerprint density at radius 2 is 1.96 bits per heavy atom. The second-order valence-electron chi connectivity index (χ2n) is 6.04. The summed E-state index contributed by atoms with van der Waals surface area (Å²) >= 11 is 5.98. The Hall–Kier alpha value is -2.49. The largest absolute Gasteiger partial charge is 0.495 e. The van der Waals surface area contributed by atoms with Gasteiger partial charge in [0.1, 0.15) is 5.75 Å². The molecular formula is C18H19ClN2O6S. The third-order valence-electron chi connectivity index (χ3n) is 4.06. The third kappa shape index (κ3) is 4.49. The average molecular weight is 427 g/mol. The van der Waals surface area contributed by atoms with Crippen molar-refractivity contribution >= 4 is 27.5 Å². The van der Waals surface area contributed by atoms with Gasteiger partial charge in [-0.25, -0.2) is 8.42 Å². The lowest BCUT2D eigenvalue weighted by molar-refractivity contribution is -0.122. The van der Waals surface area contributed by atoms with Crippen LogP contribution in [0.5, 0.6) is 17.2 Å². The zero-order valence-corrected chi connectivity index (χ0v) is 16.8. The molecule has 0 unspecified atom stereocenters. The first-order valence-electron chi connectivity index (χ1n) is 8.32. The van der Waals surface area contributed by atoms with Crippen LogP contribution >= 0.6 is 11.6 Å². The number of methoxy groups -OCH3 is 1. The molecule has 150 valence electrons. The summed E-state index contributed by atoms with van der Waals surface area (Å²) in [5.74, 6) is 1.14. The standard InChI is InChI=1S/C18H19ClN2O6S/c1-11(21-28(23,24)13-4-6-15(25-2)14(19)8-13)18(22)20-9-12-3-5-16-17(7-12)27-10-26-16/h3-8,11,21H,9-10H2,1-2H3,(H,20,22)/t11-/m0/s1. The lowest BCUT2D eigenvalue weighted by Gasteiger charge is -2.15. The molecule has 0 radical (unpaired) electrons. The van der Waals surface area contributed by atoms with Crippen LogP contribution in [-0.2, 0) is 21.4 Å². The second-order valence-corrected chi connectivity index (χ2v) is 8.17. The molecule has 1 heterocycles. The van der Waals surface area contributed by atoms with Crippen molar-refractivity contribution in [3.63, 3.8) is 0 Å². The van der Waals surface area contributed by atoms with E-state index in [1.807, 2.05) is 0 Å². The van der Waals surface area contributed by atoms with Crippen molar-refractivity contribution in [3.8, 4) is 17.2 Å². The van der Waals surface area contributed by atoms with Gasteiger partial charge in [-0.3, -0.25) is 4.79 Å². The second kappa shape index (κ2) is 8.26. The highest BCUT2D eigenvalue weighted by Crippen LogP contribution is 2.32. The number of nitrogens with one attached hydrogen (secondary N) is 2. The van der Waals surface area contributed by atoms with Gasteiger partial charge in [0.2, 0.25) is 22.7 Å². The van der Waals surface area contributed by atoms with Crippen LogP contribution in [0, 0.1) is 0 Å². The molecule has 28 heavy (non-hydrogen) atoms. The van der Waals surface area contributed by atoms with Gasteiger partial charge in [-0.2, -0.15) is 4.72 Å². The lowest BCUT2D eigenvalue weighted by Crippen LogP contribution is -2.44. The number of hydrogen-bond acceptors (Lipinski definition) is 6. The van der Waals surface area contributed by atoms with Gasteiger partial charge in [-0.05, 0) is 42.8 Å². The zero-order chi connectivity index (χ0) is 20.3. The minimum absolute atomic E-state index is 0.0614. The number of carbonyl (C=O) groups is 1. The van der Waals surface area contributed by atoms with Crippen molar-refractivity contribution in [2.45, 2.75) is 24.4 Å². The van der Waals surface area contributed by atoms with Crippen LogP contribution in [0.2, 0.25) is 5.02 Å². The molecule has 3 rings (SSSR count). The fourth-order valence-corrected chi connectivity index (χ4v) is 4.11. The van der Waals surface area contributed by atoms with Crippen LogP contribution in [0.3, 0.4) is 0 Å². The first-order chi connectivity index (χ1) is 13.3. The topological polar surface area (TPSA) is 103 Å². The highest BCUT2D eigenvalue weighted by Gasteiger charge is 2.23. The molecule has 2 N–H and O–H groups in total. The molecule has 1 aliphatic heterocycles. The number of amides is 1. The first-order valence-corrected chi connectivity index (χ1v) is 10.2. The molecule has 1 atom stereocenters. The molecule has 1 amide bonds. The van der Waals surface area contributed by atoms with Gasteiger partial charge in [-0.1, -0.05) is 17.7 Å². The minimum atomic E-state index is -3.93. The summed E-state index contributed by atoms with van der Waals surface area (Å²) in [6.07, 6.45) is 0. The van der Waals surface area contributed by atoms with Gasteiger partial charge in [0, 0.05) is 6.54 Å².